The highest BCUT2D eigenvalue weighted by Crippen LogP contribution is 2.24. The van der Waals surface area contributed by atoms with Crippen LogP contribution in [-0.2, 0) is 16.9 Å². The van der Waals surface area contributed by atoms with Gasteiger partial charge >= 0.3 is 12.1 Å². The number of aliphatic hydroxyl groups is 1. The predicted molar refractivity (Wildman–Crippen MR) is 114 cm³/mol. The second-order valence-corrected chi connectivity index (χ2v) is 8.26. The molecule has 158 valence electrons. The monoisotopic (exact) mass is 474 g/mol. The van der Waals surface area contributed by atoms with Crippen molar-refractivity contribution in [2.24, 2.45) is 0 Å². The largest absolute Gasteiger partial charge is 0.387 e. The fraction of sp³-hybridized carbons (Fsp3) is 0.286. The molecule has 0 radical (unpaired) electrons. The summed E-state index contributed by atoms with van der Waals surface area (Å²) in [5.41, 5.74) is 1.09. The highest BCUT2D eigenvalue weighted by Gasteiger charge is 2.43. The molecule has 0 saturated carbocycles. The Hall–Kier alpha value is -2.91. The number of benzene rings is 2. The minimum absolute atomic E-state index is 0.147. The van der Waals surface area contributed by atoms with Crippen LogP contribution in [-0.4, -0.2) is 41.6 Å². The molecule has 1 heterocycles. The van der Waals surface area contributed by atoms with Gasteiger partial charge in [0.05, 0.1) is 12.6 Å². The van der Waals surface area contributed by atoms with E-state index in [1.165, 1.54) is 4.90 Å². The van der Waals surface area contributed by atoms with E-state index in [4.69, 9.17) is 0 Å². The molecule has 1 saturated heterocycles. The van der Waals surface area contributed by atoms with Gasteiger partial charge in [-0.1, -0.05) is 52.3 Å². The molecular formula is C21H23BrN4O4. The first-order chi connectivity index (χ1) is 14.2. The van der Waals surface area contributed by atoms with Gasteiger partial charge in [0.2, 0.25) is 0 Å². The molecule has 0 aromatic heterocycles. The SMILES string of the molecule is CN(CC(O)c1cccc(Br)c1)C(=O)NCc1ccc(C2(C)NC(=O)NC2=O)cc1. The molecule has 30 heavy (non-hydrogen) atoms. The maximum absolute atomic E-state index is 12.4. The van der Waals surface area contributed by atoms with E-state index in [-0.39, 0.29) is 19.1 Å². The molecule has 4 N–H and O–H groups in total. The molecule has 5 amide bonds. The molecule has 0 bridgehead atoms. The lowest BCUT2D eigenvalue weighted by molar-refractivity contribution is -0.123. The molecule has 0 spiro atoms. The highest BCUT2D eigenvalue weighted by atomic mass is 79.9. The predicted octanol–water partition coefficient (Wildman–Crippen LogP) is 2.38. The Labute approximate surface area is 182 Å². The van der Waals surface area contributed by atoms with Crippen LogP contribution in [0.25, 0.3) is 0 Å². The van der Waals surface area contributed by atoms with E-state index in [2.05, 4.69) is 31.9 Å². The number of carbonyl (C=O) groups is 3. The maximum atomic E-state index is 12.4. The summed E-state index contributed by atoms with van der Waals surface area (Å²) < 4.78 is 0.859. The first-order valence-electron chi connectivity index (χ1n) is 9.34. The molecule has 0 aliphatic carbocycles. The fourth-order valence-electron chi connectivity index (χ4n) is 3.18. The lowest BCUT2D eigenvalue weighted by atomic mass is 9.91. The second-order valence-electron chi connectivity index (χ2n) is 7.34. The van der Waals surface area contributed by atoms with Crippen molar-refractivity contribution in [3.8, 4) is 0 Å². The Morgan fingerprint density at radius 2 is 1.93 bits per heavy atom. The van der Waals surface area contributed by atoms with Gasteiger partial charge in [0.15, 0.2) is 0 Å². The number of imide groups is 1. The van der Waals surface area contributed by atoms with Crippen molar-refractivity contribution >= 4 is 33.9 Å². The Balaban J connectivity index is 1.54. The van der Waals surface area contributed by atoms with Crippen LogP contribution >= 0.6 is 15.9 Å². The van der Waals surface area contributed by atoms with Gasteiger partial charge in [0.25, 0.3) is 5.91 Å². The van der Waals surface area contributed by atoms with E-state index in [1.807, 2.05) is 18.2 Å². The Morgan fingerprint density at radius 1 is 1.23 bits per heavy atom. The zero-order valence-corrected chi connectivity index (χ0v) is 18.2. The van der Waals surface area contributed by atoms with Crippen LogP contribution in [0.15, 0.2) is 53.0 Å². The Bertz CT molecular complexity index is 966. The number of nitrogens with one attached hydrogen (secondary N) is 3. The zero-order valence-electron chi connectivity index (χ0n) is 16.6. The molecule has 3 rings (SSSR count). The summed E-state index contributed by atoms with van der Waals surface area (Å²) in [6.45, 7) is 2.07. The molecule has 8 nitrogen and oxygen atoms in total. The van der Waals surface area contributed by atoms with Crippen LogP contribution < -0.4 is 16.0 Å². The van der Waals surface area contributed by atoms with Crippen LogP contribution in [0.4, 0.5) is 9.59 Å². The minimum atomic E-state index is -1.11. The Morgan fingerprint density at radius 3 is 2.53 bits per heavy atom. The van der Waals surface area contributed by atoms with Gasteiger partial charge in [-0.05, 0) is 35.7 Å². The summed E-state index contributed by atoms with van der Waals surface area (Å²) >= 11 is 3.37. The molecule has 1 aliphatic heterocycles. The van der Waals surface area contributed by atoms with E-state index in [1.54, 1.807) is 44.3 Å². The van der Waals surface area contributed by atoms with Crippen molar-refractivity contribution in [2.75, 3.05) is 13.6 Å². The number of carbonyl (C=O) groups excluding carboxylic acids is 3. The summed E-state index contributed by atoms with van der Waals surface area (Å²) in [5, 5.41) is 18.0. The first kappa shape index (κ1) is 21.8. The lowest BCUT2D eigenvalue weighted by Crippen LogP contribution is -2.40. The van der Waals surface area contributed by atoms with Crippen molar-refractivity contribution < 1.29 is 19.5 Å². The lowest BCUT2D eigenvalue weighted by Gasteiger charge is -2.22. The minimum Gasteiger partial charge on any atom is -0.387 e. The van der Waals surface area contributed by atoms with E-state index >= 15 is 0 Å². The summed E-state index contributed by atoms with van der Waals surface area (Å²) in [6.07, 6.45) is -0.800. The average Bonchev–Trinajstić information content (AvgIpc) is 2.98. The van der Waals surface area contributed by atoms with E-state index in [0.717, 1.165) is 15.6 Å². The van der Waals surface area contributed by atoms with Crippen LogP contribution in [0.3, 0.4) is 0 Å². The van der Waals surface area contributed by atoms with E-state index in [0.29, 0.717) is 5.56 Å². The third kappa shape index (κ3) is 4.80. The Kier molecular flexibility index (Phi) is 6.42. The first-order valence-corrected chi connectivity index (χ1v) is 10.1. The van der Waals surface area contributed by atoms with Crippen molar-refractivity contribution in [1.82, 2.24) is 20.9 Å². The number of urea groups is 2. The molecule has 2 unspecified atom stereocenters. The smallest absolute Gasteiger partial charge is 0.322 e. The fourth-order valence-corrected chi connectivity index (χ4v) is 3.59. The standard InChI is InChI=1S/C21H23BrN4O4/c1-21(18(28)24-19(29)25-21)15-8-6-13(7-9-15)11-23-20(30)26(2)12-17(27)14-4-3-5-16(22)10-14/h3-10,17,27H,11-12H2,1-2H3,(H,23,30)(H2,24,25,28,29). The third-order valence-electron chi connectivity index (χ3n) is 5.05. The molecule has 9 heteroatoms. The van der Waals surface area contributed by atoms with Crippen molar-refractivity contribution in [2.45, 2.75) is 25.1 Å². The number of hydrogen-bond donors (Lipinski definition) is 4. The second kappa shape index (κ2) is 8.85. The number of aliphatic hydroxyl groups excluding tert-OH is 1. The van der Waals surface area contributed by atoms with Crippen molar-refractivity contribution in [3.63, 3.8) is 0 Å². The number of nitrogens with zero attached hydrogens (tertiary/aromatic N) is 1. The summed E-state index contributed by atoms with van der Waals surface area (Å²) in [7, 11) is 1.61. The van der Waals surface area contributed by atoms with Gasteiger partial charge in [-0.25, -0.2) is 9.59 Å². The van der Waals surface area contributed by atoms with Gasteiger partial charge in [0.1, 0.15) is 5.54 Å². The topological polar surface area (TPSA) is 111 Å². The van der Waals surface area contributed by atoms with Gasteiger partial charge in [-0.3, -0.25) is 10.1 Å². The summed E-state index contributed by atoms with van der Waals surface area (Å²) in [6, 6.07) is 13.5. The van der Waals surface area contributed by atoms with Crippen LogP contribution in [0.5, 0.6) is 0 Å². The van der Waals surface area contributed by atoms with Crippen molar-refractivity contribution in [1.29, 1.82) is 0 Å². The number of rotatable bonds is 6. The molecule has 2 aromatic rings. The van der Waals surface area contributed by atoms with Crippen LogP contribution in [0, 0.1) is 0 Å². The van der Waals surface area contributed by atoms with Crippen molar-refractivity contribution in [3.05, 3.63) is 69.7 Å². The van der Waals surface area contributed by atoms with Gasteiger partial charge < -0.3 is 20.6 Å². The van der Waals surface area contributed by atoms with Crippen LogP contribution in [0.1, 0.15) is 29.7 Å². The number of likely N-dealkylation sites (N-methyl/N-ethyl adjacent to an activating group) is 1. The molecule has 1 fully saturated rings. The molecule has 1 aliphatic rings. The van der Waals surface area contributed by atoms with Crippen LogP contribution in [0.2, 0.25) is 0 Å². The van der Waals surface area contributed by atoms with E-state index in [9.17, 15) is 19.5 Å². The number of hydrogen-bond acceptors (Lipinski definition) is 4. The zero-order chi connectivity index (χ0) is 21.9. The van der Waals surface area contributed by atoms with Gasteiger partial charge in [-0.15, -0.1) is 0 Å². The maximum Gasteiger partial charge on any atom is 0.322 e. The normalized spacial score (nSPS) is 19.1. The third-order valence-corrected chi connectivity index (χ3v) is 5.54. The quantitative estimate of drug-likeness (QED) is 0.481. The summed E-state index contributed by atoms with van der Waals surface area (Å²) in [5.74, 6) is -0.404. The highest BCUT2D eigenvalue weighted by molar-refractivity contribution is 9.10. The molecular weight excluding hydrogens is 452 g/mol. The summed E-state index contributed by atoms with van der Waals surface area (Å²) in [4.78, 5) is 37.2. The van der Waals surface area contributed by atoms with E-state index < -0.39 is 23.6 Å². The molecule has 2 aromatic carbocycles. The van der Waals surface area contributed by atoms with Gasteiger partial charge in [0, 0.05) is 18.1 Å². The molecule has 2 atom stereocenters. The average molecular weight is 475 g/mol. The van der Waals surface area contributed by atoms with Gasteiger partial charge in [-0.2, -0.15) is 0 Å². The number of amides is 5. The number of halogens is 1.